The van der Waals surface area contributed by atoms with Gasteiger partial charge in [0.25, 0.3) is 0 Å². The van der Waals surface area contributed by atoms with Gasteiger partial charge >= 0.3 is 0 Å². The lowest BCUT2D eigenvalue weighted by atomic mass is 10.1. The lowest BCUT2D eigenvalue weighted by Gasteiger charge is -2.16. The molecular weight excluding hydrogens is 378 g/mol. The summed E-state index contributed by atoms with van der Waals surface area (Å²) in [5.74, 6) is 0. The lowest BCUT2D eigenvalue weighted by molar-refractivity contribution is 0.598. The molecule has 0 saturated carbocycles. The molecule has 4 rings (SSSR count). The van der Waals surface area contributed by atoms with E-state index in [1.807, 2.05) is 26.2 Å². The van der Waals surface area contributed by atoms with E-state index >= 15 is 0 Å². The van der Waals surface area contributed by atoms with Crippen LogP contribution in [0.1, 0.15) is 5.56 Å². The van der Waals surface area contributed by atoms with Crippen molar-refractivity contribution in [3.05, 3.63) is 53.4 Å². The summed E-state index contributed by atoms with van der Waals surface area (Å²) >= 11 is 1.62. The molecule has 0 N–H and O–H groups in total. The highest BCUT2D eigenvalue weighted by molar-refractivity contribution is 7.92. The third-order valence-corrected chi connectivity index (χ3v) is 6.83. The fraction of sp³-hybridized carbons (Fsp3) is 0.250. The Morgan fingerprint density at radius 3 is 2.44 bits per heavy atom. The van der Waals surface area contributed by atoms with Crippen molar-refractivity contribution in [3.8, 4) is 21.8 Å². The first-order valence-electron chi connectivity index (χ1n) is 8.67. The molecule has 1 aliphatic heterocycles. The molecule has 0 radical (unpaired) electrons. The maximum absolute atomic E-state index is 11.9. The van der Waals surface area contributed by atoms with Crippen molar-refractivity contribution in [2.75, 3.05) is 36.1 Å². The Labute approximate surface area is 164 Å². The standard InChI is InChI=1S/C20H21N3O2S2/c1-22(2)17-7-4-14(5-8-17)20-21-18(13-26-20)15-6-9-19-16(12-15)10-11-23(19)27(3,24)25/h4-9,12-13H,10-11H2,1-3H3. The molecular formula is C20H21N3O2S2. The first-order valence-corrected chi connectivity index (χ1v) is 11.4. The highest BCUT2D eigenvalue weighted by Crippen LogP contribution is 2.35. The summed E-state index contributed by atoms with van der Waals surface area (Å²) in [6, 6.07) is 14.3. The van der Waals surface area contributed by atoms with Crippen LogP contribution in [0.15, 0.2) is 47.8 Å². The number of sulfonamides is 1. The van der Waals surface area contributed by atoms with Crippen LogP contribution in [0.2, 0.25) is 0 Å². The molecule has 7 heteroatoms. The van der Waals surface area contributed by atoms with E-state index in [-0.39, 0.29) is 0 Å². The minimum Gasteiger partial charge on any atom is -0.378 e. The molecule has 2 heterocycles. The zero-order chi connectivity index (χ0) is 19.2. The number of hydrogen-bond donors (Lipinski definition) is 0. The highest BCUT2D eigenvalue weighted by atomic mass is 32.2. The van der Waals surface area contributed by atoms with E-state index in [4.69, 9.17) is 4.98 Å². The summed E-state index contributed by atoms with van der Waals surface area (Å²) in [5.41, 5.74) is 6.05. The second kappa shape index (κ2) is 6.65. The molecule has 0 aliphatic carbocycles. The third-order valence-electron chi connectivity index (χ3n) is 4.76. The summed E-state index contributed by atoms with van der Waals surface area (Å²) in [7, 11) is 0.827. The summed E-state index contributed by atoms with van der Waals surface area (Å²) in [5, 5.41) is 3.04. The van der Waals surface area contributed by atoms with Crippen LogP contribution < -0.4 is 9.21 Å². The molecule has 0 fully saturated rings. The van der Waals surface area contributed by atoms with Gasteiger partial charge < -0.3 is 4.90 Å². The van der Waals surface area contributed by atoms with Gasteiger partial charge in [0.1, 0.15) is 5.01 Å². The van der Waals surface area contributed by atoms with E-state index in [0.29, 0.717) is 6.54 Å². The van der Waals surface area contributed by atoms with Crippen molar-refractivity contribution in [2.45, 2.75) is 6.42 Å². The van der Waals surface area contributed by atoms with Crippen molar-refractivity contribution in [1.29, 1.82) is 0 Å². The van der Waals surface area contributed by atoms with Gasteiger partial charge in [-0.05, 0) is 48.4 Å². The number of benzene rings is 2. The Bertz CT molecular complexity index is 1090. The van der Waals surface area contributed by atoms with E-state index < -0.39 is 10.0 Å². The first-order chi connectivity index (χ1) is 12.8. The molecule has 1 aromatic heterocycles. The largest absolute Gasteiger partial charge is 0.378 e. The zero-order valence-electron chi connectivity index (χ0n) is 15.5. The average Bonchev–Trinajstić information content (AvgIpc) is 3.28. The molecule has 0 bridgehead atoms. The van der Waals surface area contributed by atoms with Crippen LogP contribution in [-0.4, -0.2) is 40.3 Å². The van der Waals surface area contributed by atoms with Gasteiger partial charge in [-0.25, -0.2) is 13.4 Å². The van der Waals surface area contributed by atoms with Gasteiger partial charge in [0.2, 0.25) is 10.0 Å². The zero-order valence-corrected chi connectivity index (χ0v) is 17.1. The molecule has 0 amide bonds. The van der Waals surface area contributed by atoms with Crippen LogP contribution in [0.5, 0.6) is 0 Å². The van der Waals surface area contributed by atoms with E-state index in [1.54, 1.807) is 11.3 Å². The molecule has 0 unspecified atom stereocenters. The molecule has 0 spiro atoms. The van der Waals surface area contributed by atoms with Gasteiger partial charge in [-0.3, -0.25) is 4.31 Å². The third kappa shape index (κ3) is 3.44. The van der Waals surface area contributed by atoms with Crippen LogP contribution in [-0.2, 0) is 16.4 Å². The maximum atomic E-state index is 11.9. The molecule has 0 atom stereocenters. The Morgan fingerprint density at radius 1 is 1.07 bits per heavy atom. The van der Waals surface area contributed by atoms with E-state index in [2.05, 4.69) is 40.6 Å². The number of anilines is 2. The van der Waals surface area contributed by atoms with Crippen molar-refractivity contribution in [2.24, 2.45) is 0 Å². The van der Waals surface area contributed by atoms with E-state index in [9.17, 15) is 8.42 Å². The van der Waals surface area contributed by atoms with E-state index in [1.165, 1.54) is 10.6 Å². The maximum Gasteiger partial charge on any atom is 0.232 e. The summed E-state index contributed by atoms with van der Waals surface area (Å²) in [6.07, 6.45) is 1.99. The molecule has 27 heavy (non-hydrogen) atoms. The van der Waals surface area contributed by atoms with Gasteiger partial charge in [-0.1, -0.05) is 6.07 Å². The number of hydrogen-bond acceptors (Lipinski definition) is 5. The molecule has 0 saturated heterocycles. The number of fused-ring (bicyclic) bond motifs is 1. The number of nitrogens with zero attached hydrogens (tertiary/aromatic N) is 3. The van der Waals surface area contributed by atoms with Crippen LogP contribution in [0.3, 0.4) is 0 Å². The predicted molar refractivity (Wildman–Crippen MR) is 113 cm³/mol. The second-order valence-electron chi connectivity index (χ2n) is 6.91. The minimum absolute atomic E-state index is 0.512. The van der Waals surface area contributed by atoms with Crippen molar-refractivity contribution in [1.82, 2.24) is 4.98 Å². The topological polar surface area (TPSA) is 53.5 Å². The quantitative estimate of drug-likeness (QED) is 0.668. The average molecular weight is 400 g/mol. The van der Waals surface area contributed by atoms with Crippen molar-refractivity contribution >= 4 is 32.7 Å². The number of thiazole rings is 1. The number of rotatable bonds is 4. The van der Waals surface area contributed by atoms with Crippen LogP contribution in [0.4, 0.5) is 11.4 Å². The Morgan fingerprint density at radius 2 is 1.78 bits per heavy atom. The Balaban J connectivity index is 1.63. The summed E-state index contributed by atoms with van der Waals surface area (Å²) < 4.78 is 25.3. The Hall–Kier alpha value is -2.38. The van der Waals surface area contributed by atoms with Gasteiger partial charge in [0.05, 0.1) is 17.6 Å². The lowest BCUT2D eigenvalue weighted by Crippen LogP contribution is -2.27. The molecule has 2 aromatic carbocycles. The Kier molecular flexibility index (Phi) is 4.44. The highest BCUT2D eigenvalue weighted by Gasteiger charge is 2.26. The molecule has 140 valence electrons. The SMILES string of the molecule is CN(C)c1ccc(-c2nc(-c3ccc4c(c3)CCN4S(C)(=O)=O)cs2)cc1. The fourth-order valence-electron chi connectivity index (χ4n) is 3.32. The minimum atomic E-state index is -3.22. The van der Waals surface area contributed by atoms with Gasteiger partial charge in [0.15, 0.2) is 0 Å². The fourth-order valence-corrected chi connectivity index (χ4v) is 5.11. The van der Waals surface area contributed by atoms with Crippen LogP contribution in [0.25, 0.3) is 21.8 Å². The second-order valence-corrected chi connectivity index (χ2v) is 9.67. The monoisotopic (exact) mass is 399 g/mol. The molecule has 3 aromatic rings. The van der Waals surface area contributed by atoms with Crippen molar-refractivity contribution in [3.63, 3.8) is 0 Å². The summed E-state index contributed by atoms with van der Waals surface area (Å²) in [4.78, 5) is 6.86. The van der Waals surface area contributed by atoms with Crippen LogP contribution >= 0.6 is 11.3 Å². The van der Waals surface area contributed by atoms with Gasteiger partial charge in [-0.2, -0.15) is 0 Å². The predicted octanol–water partition coefficient (Wildman–Crippen LogP) is 3.87. The van der Waals surface area contributed by atoms with E-state index in [0.717, 1.165) is 45.2 Å². The van der Waals surface area contributed by atoms with Crippen LogP contribution in [0, 0.1) is 0 Å². The smallest absolute Gasteiger partial charge is 0.232 e. The van der Waals surface area contributed by atoms with Crippen molar-refractivity contribution < 1.29 is 8.42 Å². The molecule has 5 nitrogen and oxygen atoms in total. The molecule has 1 aliphatic rings. The summed E-state index contributed by atoms with van der Waals surface area (Å²) in [6.45, 7) is 0.512. The first kappa shape index (κ1) is 18.0. The van der Waals surface area contributed by atoms with Gasteiger partial charge in [0, 0.05) is 42.8 Å². The van der Waals surface area contributed by atoms with Gasteiger partial charge in [-0.15, -0.1) is 11.3 Å². The normalized spacial score (nSPS) is 13.7. The number of aromatic nitrogens is 1.